The molecule has 0 aliphatic carbocycles. The maximum absolute atomic E-state index is 10.3. The first-order valence-electron chi connectivity index (χ1n) is 8.34. The second kappa shape index (κ2) is 8.02. The molecule has 1 aromatic rings. The zero-order chi connectivity index (χ0) is 15.2. The van der Waals surface area contributed by atoms with E-state index in [0.29, 0.717) is 19.2 Å². The maximum atomic E-state index is 10.3. The fraction of sp³-hybridized carbons (Fsp3) is 0.706. The van der Waals surface area contributed by atoms with Crippen molar-refractivity contribution in [3.05, 3.63) is 30.1 Å². The Kier molecular flexibility index (Phi) is 5.78. The number of β-amino-alcohol motifs (C(OH)–C–C–N with tert-alkyl or cyclic N) is 1. The van der Waals surface area contributed by atoms with Crippen molar-refractivity contribution in [2.24, 2.45) is 0 Å². The highest BCUT2D eigenvalue weighted by Crippen LogP contribution is 2.31. The van der Waals surface area contributed by atoms with E-state index in [1.165, 1.54) is 12.0 Å². The highest BCUT2D eigenvalue weighted by atomic mass is 16.5. The summed E-state index contributed by atoms with van der Waals surface area (Å²) < 4.78 is 11.2. The molecule has 3 rings (SSSR count). The van der Waals surface area contributed by atoms with Gasteiger partial charge in [-0.1, -0.05) is 0 Å². The van der Waals surface area contributed by atoms with Gasteiger partial charge in [-0.15, -0.1) is 0 Å². The lowest BCUT2D eigenvalue weighted by Crippen LogP contribution is -2.36. The third-order valence-corrected chi connectivity index (χ3v) is 4.59. The van der Waals surface area contributed by atoms with Gasteiger partial charge in [0.05, 0.1) is 18.8 Å². The molecular weight excluding hydrogens is 280 g/mol. The molecule has 0 saturated carbocycles. The van der Waals surface area contributed by atoms with Crippen molar-refractivity contribution < 1.29 is 14.6 Å². The van der Waals surface area contributed by atoms with Crippen LogP contribution in [-0.4, -0.2) is 60.1 Å². The van der Waals surface area contributed by atoms with Gasteiger partial charge in [0.15, 0.2) is 0 Å². The molecule has 5 nitrogen and oxygen atoms in total. The molecule has 2 aliphatic heterocycles. The van der Waals surface area contributed by atoms with Crippen molar-refractivity contribution in [1.29, 1.82) is 0 Å². The minimum Gasteiger partial charge on any atom is -0.389 e. The minimum atomic E-state index is -0.426. The highest BCUT2D eigenvalue weighted by Gasteiger charge is 2.27. The number of nitrogens with zero attached hydrogens (tertiary/aromatic N) is 2. The molecule has 22 heavy (non-hydrogen) atoms. The Morgan fingerprint density at radius 2 is 2.05 bits per heavy atom. The largest absolute Gasteiger partial charge is 0.389 e. The van der Waals surface area contributed by atoms with Crippen LogP contribution in [0.5, 0.6) is 0 Å². The Hall–Kier alpha value is -1.01. The predicted molar refractivity (Wildman–Crippen MR) is 83.6 cm³/mol. The van der Waals surface area contributed by atoms with Crippen LogP contribution in [0.4, 0.5) is 0 Å². The molecule has 0 spiro atoms. The number of hydrogen-bond acceptors (Lipinski definition) is 5. The van der Waals surface area contributed by atoms with Crippen molar-refractivity contribution in [1.82, 2.24) is 9.88 Å². The van der Waals surface area contributed by atoms with Gasteiger partial charge in [-0.05, 0) is 49.9 Å². The maximum Gasteiger partial charge on any atom is 0.0900 e. The summed E-state index contributed by atoms with van der Waals surface area (Å²) in [6.07, 6.45) is 7.72. The van der Waals surface area contributed by atoms with Crippen LogP contribution in [0.25, 0.3) is 0 Å². The Balaban J connectivity index is 1.46. The number of hydrogen-bond donors (Lipinski definition) is 1. The van der Waals surface area contributed by atoms with Gasteiger partial charge in [-0.3, -0.25) is 9.88 Å². The second-order valence-electron chi connectivity index (χ2n) is 6.23. The summed E-state index contributed by atoms with van der Waals surface area (Å²) in [6.45, 7) is 3.69. The smallest absolute Gasteiger partial charge is 0.0900 e. The second-order valence-corrected chi connectivity index (χ2v) is 6.23. The van der Waals surface area contributed by atoms with Gasteiger partial charge in [-0.25, -0.2) is 0 Å². The Morgan fingerprint density at radius 1 is 1.27 bits per heavy atom. The average molecular weight is 306 g/mol. The molecule has 1 aromatic heterocycles. The van der Waals surface area contributed by atoms with Crippen LogP contribution in [-0.2, 0) is 9.47 Å². The summed E-state index contributed by atoms with van der Waals surface area (Å²) in [7, 11) is 0. The third kappa shape index (κ3) is 4.26. The summed E-state index contributed by atoms with van der Waals surface area (Å²) in [6, 6.07) is 4.56. The van der Waals surface area contributed by atoms with E-state index in [4.69, 9.17) is 9.47 Å². The number of pyridine rings is 1. The van der Waals surface area contributed by atoms with Crippen LogP contribution in [0, 0.1) is 0 Å². The van der Waals surface area contributed by atoms with Gasteiger partial charge in [0.1, 0.15) is 0 Å². The first-order chi connectivity index (χ1) is 10.8. The van der Waals surface area contributed by atoms with Crippen LogP contribution in [0.2, 0.25) is 0 Å². The SMILES string of the molecule is OC(COC1CCOCC1)CN1CCCC1c1ccncc1. The monoisotopic (exact) mass is 306 g/mol. The molecule has 2 atom stereocenters. The number of aliphatic hydroxyl groups is 1. The van der Waals surface area contributed by atoms with E-state index in [0.717, 1.165) is 39.0 Å². The van der Waals surface area contributed by atoms with Crippen molar-refractivity contribution in [2.45, 2.75) is 43.9 Å². The molecule has 3 heterocycles. The number of aliphatic hydroxyl groups excluding tert-OH is 1. The van der Waals surface area contributed by atoms with Crippen molar-refractivity contribution in [3.63, 3.8) is 0 Å². The van der Waals surface area contributed by atoms with Crippen molar-refractivity contribution >= 4 is 0 Å². The third-order valence-electron chi connectivity index (χ3n) is 4.59. The molecular formula is C17H26N2O3. The van der Waals surface area contributed by atoms with Crippen molar-refractivity contribution in [3.8, 4) is 0 Å². The van der Waals surface area contributed by atoms with E-state index in [1.54, 1.807) is 0 Å². The molecule has 0 bridgehead atoms. The molecule has 0 amide bonds. The van der Waals surface area contributed by atoms with Crippen LogP contribution in [0.15, 0.2) is 24.5 Å². The normalized spacial score (nSPS) is 25.4. The van der Waals surface area contributed by atoms with E-state index < -0.39 is 6.10 Å². The number of ether oxygens (including phenoxy) is 2. The molecule has 122 valence electrons. The van der Waals surface area contributed by atoms with E-state index in [-0.39, 0.29) is 6.10 Å². The Labute approximate surface area is 132 Å². The fourth-order valence-corrected chi connectivity index (χ4v) is 3.42. The van der Waals surface area contributed by atoms with Crippen LogP contribution < -0.4 is 0 Å². The molecule has 0 aromatic carbocycles. The molecule has 1 N–H and O–H groups in total. The number of rotatable bonds is 6. The topological polar surface area (TPSA) is 54.8 Å². The molecule has 2 fully saturated rings. The Bertz CT molecular complexity index is 437. The zero-order valence-electron chi connectivity index (χ0n) is 13.1. The zero-order valence-corrected chi connectivity index (χ0v) is 13.1. The summed E-state index contributed by atoms with van der Waals surface area (Å²) >= 11 is 0. The van der Waals surface area contributed by atoms with E-state index in [2.05, 4.69) is 22.0 Å². The van der Waals surface area contributed by atoms with Crippen LogP contribution in [0.3, 0.4) is 0 Å². The van der Waals surface area contributed by atoms with Gasteiger partial charge in [0, 0.05) is 38.2 Å². The van der Waals surface area contributed by atoms with Gasteiger partial charge in [0.25, 0.3) is 0 Å². The van der Waals surface area contributed by atoms with E-state index in [1.807, 2.05) is 12.4 Å². The first kappa shape index (κ1) is 15.9. The minimum absolute atomic E-state index is 0.248. The Morgan fingerprint density at radius 3 is 2.82 bits per heavy atom. The number of aromatic nitrogens is 1. The van der Waals surface area contributed by atoms with E-state index >= 15 is 0 Å². The molecule has 5 heteroatoms. The summed E-state index contributed by atoms with van der Waals surface area (Å²) in [5.74, 6) is 0. The van der Waals surface area contributed by atoms with Gasteiger partial charge < -0.3 is 14.6 Å². The summed E-state index contributed by atoms with van der Waals surface area (Å²) in [5, 5.41) is 10.3. The van der Waals surface area contributed by atoms with E-state index in [9.17, 15) is 5.11 Å². The highest BCUT2D eigenvalue weighted by molar-refractivity contribution is 5.16. The predicted octanol–water partition coefficient (Wildman–Crippen LogP) is 1.77. The lowest BCUT2D eigenvalue weighted by molar-refractivity contribution is -0.0647. The molecule has 0 radical (unpaired) electrons. The van der Waals surface area contributed by atoms with Crippen LogP contribution >= 0.6 is 0 Å². The standard InChI is InChI=1S/C17H26N2O3/c20-15(13-22-16-5-10-21-11-6-16)12-19-9-1-2-17(19)14-3-7-18-8-4-14/h3-4,7-8,15-17,20H,1-2,5-6,9-13H2. The molecule has 2 unspecified atom stereocenters. The van der Waals surface area contributed by atoms with Gasteiger partial charge in [-0.2, -0.15) is 0 Å². The van der Waals surface area contributed by atoms with Gasteiger partial charge in [0.2, 0.25) is 0 Å². The lowest BCUT2D eigenvalue weighted by atomic mass is 10.1. The molecule has 2 aliphatic rings. The molecule has 2 saturated heterocycles. The number of likely N-dealkylation sites (tertiary alicyclic amines) is 1. The lowest BCUT2D eigenvalue weighted by Gasteiger charge is -2.28. The summed E-state index contributed by atoms with van der Waals surface area (Å²) in [4.78, 5) is 6.45. The van der Waals surface area contributed by atoms with Crippen LogP contribution in [0.1, 0.15) is 37.3 Å². The summed E-state index contributed by atoms with van der Waals surface area (Å²) in [5.41, 5.74) is 1.30. The van der Waals surface area contributed by atoms with Gasteiger partial charge >= 0.3 is 0 Å². The quantitative estimate of drug-likeness (QED) is 0.868. The van der Waals surface area contributed by atoms with Crippen molar-refractivity contribution in [2.75, 3.05) is 32.9 Å². The average Bonchev–Trinajstić information content (AvgIpc) is 3.03. The first-order valence-corrected chi connectivity index (χ1v) is 8.34. The fourth-order valence-electron chi connectivity index (χ4n) is 3.42.